The van der Waals surface area contributed by atoms with Crippen molar-refractivity contribution in [3.05, 3.63) is 42.3 Å². The molecule has 2 aromatic rings. The van der Waals surface area contributed by atoms with Crippen molar-refractivity contribution in [2.75, 3.05) is 42.8 Å². The minimum atomic E-state index is -2.75. The van der Waals surface area contributed by atoms with Crippen molar-refractivity contribution >= 4 is 44.1 Å². The third-order valence-corrected chi connectivity index (χ3v) is 6.53. The highest BCUT2D eigenvalue weighted by atomic mass is 32.2. The van der Waals surface area contributed by atoms with Gasteiger partial charge in [-0.1, -0.05) is 0 Å². The molecule has 0 atom stereocenters. The van der Waals surface area contributed by atoms with Crippen molar-refractivity contribution in [3.63, 3.8) is 0 Å². The number of rotatable bonds is 4. The molecule has 0 spiro atoms. The van der Waals surface area contributed by atoms with Gasteiger partial charge in [0.05, 0.1) is 22.4 Å². The molecule has 31 heavy (non-hydrogen) atoms. The Morgan fingerprint density at radius 1 is 1.10 bits per heavy atom. The molecule has 0 aromatic heterocycles. The van der Waals surface area contributed by atoms with Gasteiger partial charge < -0.3 is 14.4 Å². The van der Waals surface area contributed by atoms with E-state index < -0.39 is 10.9 Å². The number of hydrogen-bond donors (Lipinski definition) is 2. The lowest BCUT2D eigenvalue weighted by atomic mass is 10.0. The Morgan fingerprint density at radius 2 is 1.87 bits per heavy atom. The van der Waals surface area contributed by atoms with Crippen LogP contribution in [0.1, 0.15) is 6.92 Å². The number of hydrogen-bond acceptors (Lipinski definition) is 5. The Labute approximate surface area is 181 Å². The average Bonchev–Trinajstić information content (AvgIpc) is 3.11. The molecule has 3 heterocycles. The van der Waals surface area contributed by atoms with Crippen molar-refractivity contribution in [1.29, 1.82) is 0 Å². The van der Waals surface area contributed by atoms with Crippen LogP contribution in [0, 0.1) is 5.82 Å². The first kappa shape index (κ1) is 20.0. The summed E-state index contributed by atoms with van der Waals surface area (Å²) < 4.78 is 41.9. The van der Waals surface area contributed by atoms with Crippen LogP contribution in [0.5, 0.6) is 0 Å². The van der Waals surface area contributed by atoms with E-state index in [-0.39, 0.29) is 5.82 Å². The number of anilines is 2. The molecule has 1 fully saturated rings. The largest absolute Gasteiger partial charge is 0.367 e. The normalized spacial score (nSPS) is 15.5. The molecule has 1 saturated heterocycles. The fourth-order valence-corrected chi connectivity index (χ4v) is 4.77. The van der Waals surface area contributed by atoms with Gasteiger partial charge in [0.1, 0.15) is 5.82 Å². The predicted octanol–water partition coefficient (Wildman–Crippen LogP) is 3.14. The van der Waals surface area contributed by atoms with Gasteiger partial charge in [0, 0.05) is 60.9 Å². The van der Waals surface area contributed by atoms with E-state index >= 15 is 4.39 Å². The lowest BCUT2D eigenvalue weighted by molar-refractivity contribution is 0.312. The molecule has 0 amide bonds. The number of fused-ring (bicyclic) bond motifs is 5. The molecule has 3 aliphatic heterocycles. The second-order valence-corrected chi connectivity index (χ2v) is 8.74. The van der Waals surface area contributed by atoms with Crippen LogP contribution < -0.4 is 9.62 Å². The molecule has 3 aliphatic rings. The molecule has 0 bridgehead atoms. The summed E-state index contributed by atoms with van der Waals surface area (Å²) in [4.78, 5) is 9.11. The smallest absolute Gasteiger partial charge is 0.222 e. The molecule has 9 heteroatoms. The van der Waals surface area contributed by atoms with Gasteiger partial charge in [-0.25, -0.2) is 17.8 Å². The van der Waals surface area contributed by atoms with E-state index in [0.29, 0.717) is 11.4 Å². The minimum Gasteiger partial charge on any atom is -0.367 e. The maximum absolute atomic E-state index is 15.3. The van der Waals surface area contributed by atoms with Gasteiger partial charge in [-0.2, -0.15) is 0 Å². The van der Waals surface area contributed by atoms with Crippen molar-refractivity contribution < 1.29 is 12.8 Å². The fourth-order valence-electron chi connectivity index (χ4n) is 4.42. The highest BCUT2D eigenvalue weighted by Crippen LogP contribution is 2.39. The number of benzene rings is 2. The van der Waals surface area contributed by atoms with E-state index in [1.807, 2.05) is 12.3 Å². The summed E-state index contributed by atoms with van der Waals surface area (Å²) in [6.45, 7) is 6.18. The Morgan fingerprint density at radius 3 is 2.58 bits per heavy atom. The molecule has 0 unspecified atom stereocenters. The maximum atomic E-state index is 15.3. The van der Waals surface area contributed by atoms with Crippen molar-refractivity contribution in [1.82, 2.24) is 14.5 Å². The van der Waals surface area contributed by atoms with Crippen LogP contribution in [0.15, 0.2) is 36.5 Å². The quantitative estimate of drug-likeness (QED) is 0.476. The summed E-state index contributed by atoms with van der Waals surface area (Å²) >= 11 is 0. The number of aromatic nitrogens is 2. The van der Waals surface area contributed by atoms with Crippen LogP contribution in [-0.2, 0) is 17.4 Å². The van der Waals surface area contributed by atoms with Crippen molar-refractivity contribution in [2.24, 2.45) is 0 Å². The van der Waals surface area contributed by atoms with Crippen LogP contribution in [0.3, 0.4) is 0 Å². The molecule has 162 valence electrons. The second kappa shape index (κ2) is 7.65. The monoisotopic (exact) mass is 441 g/mol. The van der Waals surface area contributed by atoms with Crippen LogP contribution in [0.4, 0.5) is 15.8 Å². The molecule has 2 aromatic carbocycles. The number of thiol groups is 1. The minimum absolute atomic E-state index is 0.245. The van der Waals surface area contributed by atoms with Gasteiger partial charge in [0.25, 0.3) is 0 Å². The van der Waals surface area contributed by atoms with E-state index in [1.54, 1.807) is 24.3 Å². The van der Waals surface area contributed by atoms with E-state index in [9.17, 15) is 8.42 Å². The molecule has 5 rings (SSSR count). The Kier molecular flexibility index (Phi) is 4.94. The average molecular weight is 442 g/mol. The molecular formula is C22H24FN5O2S. The zero-order valence-corrected chi connectivity index (χ0v) is 18.3. The number of piperazine rings is 1. The molecule has 1 N–H and O–H groups in total. The second-order valence-electron chi connectivity index (χ2n) is 8.00. The topological polar surface area (TPSA) is 70.5 Å². The van der Waals surface area contributed by atoms with Gasteiger partial charge in [-0.05, 0) is 44.3 Å². The number of pyridine rings is 1. The predicted molar refractivity (Wildman–Crippen MR) is 123 cm³/mol. The zero-order valence-electron chi connectivity index (χ0n) is 17.4. The molecular weight excluding hydrogens is 417 g/mol. The summed E-state index contributed by atoms with van der Waals surface area (Å²) in [5, 5.41) is 1.60. The van der Waals surface area contributed by atoms with E-state index in [0.717, 1.165) is 65.8 Å². The van der Waals surface area contributed by atoms with Crippen LogP contribution in [-0.4, -0.2) is 56.1 Å². The summed E-state index contributed by atoms with van der Waals surface area (Å²) in [6.07, 6.45) is 2.03. The first-order valence-corrected chi connectivity index (χ1v) is 11.5. The highest BCUT2D eigenvalue weighted by Gasteiger charge is 2.22. The first-order chi connectivity index (χ1) is 14.9. The Balaban J connectivity index is 1.71. The third kappa shape index (κ3) is 3.47. The van der Waals surface area contributed by atoms with Gasteiger partial charge in [0.15, 0.2) is 0 Å². The number of nitrogens with one attached hydrogen (secondary N) is 1. The molecule has 7 nitrogen and oxygen atoms in total. The zero-order chi connectivity index (χ0) is 21.7. The SMILES string of the molecule is CCn1cc2c3cc(N[SH](=O)=O)ccc3nc-2c2cc(F)c(N3CCN(C)CC3)cc21. The van der Waals surface area contributed by atoms with Gasteiger partial charge in [0.2, 0.25) is 10.9 Å². The van der Waals surface area contributed by atoms with Gasteiger partial charge in [-0.3, -0.25) is 4.72 Å². The van der Waals surface area contributed by atoms with Crippen molar-refractivity contribution in [3.8, 4) is 11.3 Å². The Hall–Kier alpha value is -2.91. The first-order valence-electron chi connectivity index (χ1n) is 10.3. The lowest BCUT2D eigenvalue weighted by Crippen LogP contribution is -2.44. The lowest BCUT2D eigenvalue weighted by Gasteiger charge is -2.34. The third-order valence-electron chi connectivity index (χ3n) is 6.09. The van der Waals surface area contributed by atoms with Crippen LogP contribution in [0.25, 0.3) is 33.1 Å². The number of likely N-dealkylation sites (N-methyl/N-ethyl adjacent to an activating group) is 1. The molecule has 0 saturated carbocycles. The van der Waals surface area contributed by atoms with E-state index in [1.165, 1.54) is 0 Å². The highest BCUT2D eigenvalue weighted by molar-refractivity contribution is 7.73. The summed E-state index contributed by atoms with van der Waals surface area (Å²) in [7, 11) is -0.668. The van der Waals surface area contributed by atoms with Gasteiger partial charge in [-0.15, -0.1) is 0 Å². The summed E-state index contributed by atoms with van der Waals surface area (Å²) in [5.74, 6) is -0.245. The number of nitrogens with zero attached hydrogens (tertiary/aromatic N) is 4. The standard InChI is InChI=1S/C22H24FN5O2S/c1-3-27-13-17-15-10-14(25-31(29)30)4-5-19(15)24-22(17)16-11-18(23)21(12-20(16)27)28-8-6-26(2)7-9-28/h4-5,10-13,31H,3,6-9H2,1-2H3,(H,25,29,30). The number of aryl methyl sites for hydroxylation is 1. The summed E-state index contributed by atoms with van der Waals surface area (Å²) in [6, 6.07) is 8.77. The Bertz CT molecular complexity index is 1330. The molecule has 0 radical (unpaired) electrons. The molecule has 0 aliphatic carbocycles. The van der Waals surface area contributed by atoms with Crippen molar-refractivity contribution in [2.45, 2.75) is 13.5 Å². The summed E-state index contributed by atoms with van der Waals surface area (Å²) in [5.41, 5.74) is 4.40. The van der Waals surface area contributed by atoms with E-state index in [2.05, 4.69) is 33.1 Å². The fraction of sp³-hybridized carbons (Fsp3) is 0.318. The maximum Gasteiger partial charge on any atom is 0.222 e. The van der Waals surface area contributed by atoms with Crippen LogP contribution >= 0.6 is 0 Å². The number of halogens is 1. The van der Waals surface area contributed by atoms with E-state index in [4.69, 9.17) is 4.98 Å². The van der Waals surface area contributed by atoms with Gasteiger partial charge >= 0.3 is 0 Å². The van der Waals surface area contributed by atoms with Crippen LogP contribution in [0.2, 0.25) is 0 Å².